The molecule has 1 unspecified atom stereocenters. The van der Waals surface area contributed by atoms with Gasteiger partial charge >= 0.3 is 0 Å². The summed E-state index contributed by atoms with van der Waals surface area (Å²) in [5.74, 6) is 0.188. The third-order valence-electron chi connectivity index (χ3n) is 3.82. The van der Waals surface area contributed by atoms with E-state index in [9.17, 15) is 10.2 Å². The fourth-order valence-electron chi connectivity index (χ4n) is 2.48. The second-order valence-corrected chi connectivity index (χ2v) is 5.48. The van der Waals surface area contributed by atoms with Gasteiger partial charge in [-0.1, -0.05) is 24.3 Å². The van der Waals surface area contributed by atoms with E-state index in [0.29, 0.717) is 0 Å². The van der Waals surface area contributed by atoms with Crippen molar-refractivity contribution in [1.29, 1.82) is 0 Å². The van der Waals surface area contributed by atoms with E-state index >= 15 is 0 Å². The molecule has 21 heavy (non-hydrogen) atoms. The van der Waals surface area contributed by atoms with Crippen molar-refractivity contribution in [2.45, 2.75) is 19.4 Å². The number of phenols is 1. The van der Waals surface area contributed by atoms with Gasteiger partial charge in [-0.05, 0) is 55.3 Å². The number of fused-ring (bicyclic) bond motifs is 1. The van der Waals surface area contributed by atoms with Gasteiger partial charge in [0.2, 0.25) is 0 Å². The number of nitrogens with zero attached hydrogens (tertiary/aromatic N) is 1. The Hall–Kier alpha value is -2.39. The molecule has 0 amide bonds. The summed E-state index contributed by atoms with van der Waals surface area (Å²) in [5, 5.41) is 21.2. The van der Waals surface area contributed by atoms with Crippen molar-refractivity contribution in [3.05, 3.63) is 71.4 Å². The number of aliphatic hydroxyl groups is 1. The zero-order valence-electron chi connectivity index (χ0n) is 12.0. The van der Waals surface area contributed by atoms with Crippen molar-refractivity contribution in [2.24, 2.45) is 0 Å². The number of hydrogen-bond donors (Lipinski definition) is 2. The molecule has 3 nitrogen and oxygen atoms in total. The molecule has 3 heteroatoms. The molecular weight excluding hydrogens is 262 g/mol. The van der Waals surface area contributed by atoms with Crippen LogP contribution in [0.3, 0.4) is 0 Å². The lowest BCUT2D eigenvalue weighted by atomic mass is 9.87. The van der Waals surface area contributed by atoms with Crippen molar-refractivity contribution in [3.8, 4) is 5.75 Å². The van der Waals surface area contributed by atoms with E-state index in [4.69, 9.17) is 0 Å². The summed E-state index contributed by atoms with van der Waals surface area (Å²) in [6, 6.07) is 16.4. The fourth-order valence-corrected chi connectivity index (χ4v) is 2.48. The van der Waals surface area contributed by atoms with E-state index in [1.54, 1.807) is 31.2 Å². The Morgan fingerprint density at radius 1 is 0.905 bits per heavy atom. The molecule has 0 saturated carbocycles. The summed E-state index contributed by atoms with van der Waals surface area (Å²) in [6.07, 6.45) is 0. The lowest BCUT2D eigenvalue weighted by Crippen LogP contribution is -2.22. The second kappa shape index (κ2) is 4.86. The highest BCUT2D eigenvalue weighted by Crippen LogP contribution is 2.31. The molecule has 3 aromatic rings. The van der Waals surface area contributed by atoms with Gasteiger partial charge < -0.3 is 10.2 Å². The van der Waals surface area contributed by atoms with Crippen LogP contribution in [-0.4, -0.2) is 15.2 Å². The highest BCUT2D eigenvalue weighted by molar-refractivity contribution is 5.79. The quantitative estimate of drug-likeness (QED) is 0.755. The Morgan fingerprint density at radius 2 is 1.57 bits per heavy atom. The Kier molecular flexibility index (Phi) is 3.15. The maximum absolute atomic E-state index is 10.9. The molecule has 0 fully saturated rings. The van der Waals surface area contributed by atoms with Gasteiger partial charge in [0.15, 0.2) is 0 Å². The van der Waals surface area contributed by atoms with E-state index in [-0.39, 0.29) is 5.75 Å². The average molecular weight is 279 g/mol. The predicted molar refractivity (Wildman–Crippen MR) is 83.3 cm³/mol. The molecule has 2 aromatic carbocycles. The van der Waals surface area contributed by atoms with Crippen LogP contribution in [-0.2, 0) is 5.60 Å². The first-order valence-corrected chi connectivity index (χ1v) is 6.86. The van der Waals surface area contributed by atoms with Crippen LogP contribution in [0.4, 0.5) is 0 Å². The van der Waals surface area contributed by atoms with Crippen LogP contribution in [0, 0.1) is 6.92 Å². The number of phenolic OH excluding ortho intramolecular Hbond substituents is 1. The van der Waals surface area contributed by atoms with E-state index in [2.05, 4.69) is 4.98 Å². The minimum absolute atomic E-state index is 0.188. The van der Waals surface area contributed by atoms with E-state index < -0.39 is 5.60 Å². The summed E-state index contributed by atoms with van der Waals surface area (Å²) in [7, 11) is 0. The standard InChI is InChI=1S/C18H17NO2/c1-12-3-4-13-11-15(7-10-17(13)19-12)18(2,21)14-5-8-16(20)9-6-14/h3-11,20-21H,1-2H3. The summed E-state index contributed by atoms with van der Waals surface area (Å²) in [5.41, 5.74) is 2.30. The monoisotopic (exact) mass is 279 g/mol. The van der Waals surface area contributed by atoms with Gasteiger partial charge in [0, 0.05) is 11.1 Å². The summed E-state index contributed by atoms with van der Waals surface area (Å²) >= 11 is 0. The summed E-state index contributed by atoms with van der Waals surface area (Å²) in [4.78, 5) is 4.47. The number of aromatic hydroxyl groups is 1. The second-order valence-electron chi connectivity index (χ2n) is 5.48. The van der Waals surface area contributed by atoms with Crippen molar-refractivity contribution >= 4 is 10.9 Å². The molecular formula is C18H17NO2. The van der Waals surface area contributed by atoms with Gasteiger partial charge in [0.1, 0.15) is 11.4 Å². The Balaban J connectivity index is 2.09. The highest BCUT2D eigenvalue weighted by atomic mass is 16.3. The van der Waals surface area contributed by atoms with Crippen LogP contribution >= 0.6 is 0 Å². The first-order valence-electron chi connectivity index (χ1n) is 6.86. The molecule has 1 atom stereocenters. The van der Waals surface area contributed by atoms with Gasteiger partial charge in [-0.25, -0.2) is 0 Å². The Morgan fingerprint density at radius 3 is 2.29 bits per heavy atom. The number of benzene rings is 2. The SMILES string of the molecule is Cc1ccc2cc(C(C)(O)c3ccc(O)cc3)ccc2n1. The molecule has 3 rings (SSSR count). The smallest absolute Gasteiger partial charge is 0.115 e. The van der Waals surface area contributed by atoms with Gasteiger partial charge in [-0.15, -0.1) is 0 Å². The van der Waals surface area contributed by atoms with Crippen molar-refractivity contribution in [1.82, 2.24) is 4.98 Å². The maximum Gasteiger partial charge on any atom is 0.115 e. The normalized spacial score (nSPS) is 14.0. The molecule has 2 N–H and O–H groups in total. The molecule has 0 saturated heterocycles. The number of hydrogen-bond acceptors (Lipinski definition) is 3. The van der Waals surface area contributed by atoms with Crippen molar-refractivity contribution < 1.29 is 10.2 Å². The van der Waals surface area contributed by atoms with Crippen LogP contribution in [0.5, 0.6) is 5.75 Å². The topological polar surface area (TPSA) is 53.4 Å². The lowest BCUT2D eigenvalue weighted by molar-refractivity contribution is 0.102. The fraction of sp³-hybridized carbons (Fsp3) is 0.167. The molecule has 0 bridgehead atoms. The van der Waals surface area contributed by atoms with Crippen LogP contribution in [0.1, 0.15) is 23.7 Å². The first kappa shape index (κ1) is 13.6. The van der Waals surface area contributed by atoms with Crippen LogP contribution in [0.25, 0.3) is 10.9 Å². The summed E-state index contributed by atoms with van der Waals surface area (Å²) in [6.45, 7) is 3.71. The number of aromatic nitrogens is 1. The lowest BCUT2D eigenvalue weighted by Gasteiger charge is -2.25. The predicted octanol–water partition coefficient (Wildman–Crippen LogP) is 3.50. The third kappa shape index (κ3) is 2.48. The highest BCUT2D eigenvalue weighted by Gasteiger charge is 2.25. The first-order chi connectivity index (χ1) is 9.96. The van der Waals surface area contributed by atoms with Crippen molar-refractivity contribution in [2.75, 3.05) is 0 Å². The van der Waals surface area contributed by atoms with Crippen LogP contribution < -0.4 is 0 Å². The minimum atomic E-state index is -1.12. The molecule has 0 aliphatic carbocycles. The molecule has 106 valence electrons. The average Bonchev–Trinajstić information content (AvgIpc) is 2.47. The maximum atomic E-state index is 10.9. The zero-order valence-corrected chi connectivity index (χ0v) is 12.0. The molecule has 0 radical (unpaired) electrons. The zero-order chi connectivity index (χ0) is 15.0. The minimum Gasteiger partial charge on any atom is -0.508 e. The number of rotatable bonds is 2. The molecule has 0 aliphatic rings. The Bertz CT molecular complexity index is 792. The molecule has 1 heterocycles. The van der Waals surface area contributed by atoms with Crippen LogP contribution in [0.2, 0.25) is 0 Å². The van der Waals surface area contributed by atoms with Crippen molar-refractivity contribution in [3.63, 3.8) is 0 Å². The molecule has 0 aliphatic heterocycles. The van der Waals surface area contributed by atoms with E-state index in [1.165, 1.54) is 0 Å². The van der Waals surface area contributed by atoms with Gasteiger partial charge in [-0.3, -0.25) is 4.98 Å². The third-order valence-corrected chi connectivity index (χ3v) is 3.82. The Labute approximate surface area is 123 Å². The van der Waals surface area contributed by atoms with Gasteiger partial charge in [0.25, 0.3) is 0 Å². The molecule has 0 spiro atoms. The van der Waals surface area contributed by atoms with Gasteiger partial charge in [-0.2, -0.15) is 0 Å². The summed E-state index contributed by atoms with van der Waals surface area (Å²) < 4.78 is 0. The molecule has 1 aromatic heterocycles. The van der Waals surface area contributed by atoms with E-state index in [1.807, 2.05) is 37.3 Å². The van der Waals surface area contributed by atoms with E-state index in [0.717, 1.165) is 27.7 Å². The van der Waals surface area contributed by atoms with Gasteiger partial charge in [0.05, 0.1) is 5.52 Å². The largest absolute Gasteiger partial charge is 0.508 e. The number of pyridine rings is 1. The van der Waals surface area contributed by atoms with Crippen LogP contribution in [0.15, 0.2) is 54.6 Å². The number of aryl methyl sites for hydroxylation is 1.